The van der Waals surface area contributed by atoms with E-state index in [1.807, 2.05) is 0 Å². The fourth-order valence-corrected chi connectivity index (χ4v) is 0.605. The maximum Gasteiger partial charge on any atom is 0.0101 e. The molecule has 0 N–H and O–H groups in total. The topological polar surface area (TPSA) is 0 Å². The summed E-state index contributed by atoms with van der Waals surface area (Å²) in [6.45, 7) is 2.17. The highest BCUT2D eigenvalue weighted by Crippen LogP contribution is 1.96. The van der Waals surface area contributed by atoms with Gasteiger partial charge in [0.15, 0.2) is 0 Å². The van der Waals surface area contributed by atoms with Crippen molar-refractivity contribution in [2.75, 3.05) is 0 Å². The standard InChI is InChI=1S/C7H11Cl/c1-2-3-4-5-6-7-8/h2-5H2,1H3. The van der Waals surface area contributed by atoms with Crippen LogP contribution < -0.4 is 0 Å². The molecule has 0 saturated carbocycles. The SMILES string of the molecule is CCCCCC#CCl. The first-order chi connectivity index (χ1) is 3.91. The summed E-state index contributed by atoms with van der Waals surface area (Å²) < 4.78 is 0. The molecule has 0 aromatic rings. The average molecular weight is 131 g/mol. The van der Waals surface area contributed by atoms with Crippen LogP contribution in [0.2, 0.25) is 0 Å². The van der Waals surface area contributed by atoms with Gasteiger partial charge in [-0.05, 0) is 18.0 Å². The van der Waals surface area contributed by atoms with Crippen LogP contribution >= 0.6 is 11.6 Å². The van der Waals surface area contributed by atoms with E-state index in [0.29, 0.717) is 0 Å². The van der Waals surface area contributed by atoms with Gasteiger partial charge in [-0.1, -0.05) is 25.7 Å². The highest BCUT2D eigenvalue weighted by molar-refractivity contribution is 6.30. The van der Waals surface area contributed by atoms with Crippen molar-refractivity contribution in [2.24, 2.45) is 0 Å². The molecule has 0 heterocycles. The summed E-state index contributed by atoms with van der Waals surface area (Å²) in [5.41, 5.74) is 0. The average Bonchev–Trinajstić information content (AvgIpc) is 1.81. The van der Waals surface area contributed by atoms with Crippen LogP contribution in [0.25, 0.3) is 0 Å². The molecule has 8 heavy (non-hydrogen) atoms. The third-order valence-corrected chi connectivity index (χ3v) is 1.11. The van der Waals surface area contributed by atoms with Gasteiger partial charge in [0, 0.05) is 11.8 Å². The fraction of sp³-hybridized carbons (Fsp3) is 0.714. The Morgan fingerprint density at radius 3 is 2.62 bits per heavy atom. The Hall–Kier alpha value is -0.150. The zero-order valence-corrected chi connectivity index (χ0v) is 5.96. The summed E-state index contributed by atoms with van der Waals surface area (Å²) in [5, 5.41) is 2.35. The molecule has 0 nitrogen and oxygen atoms in total. The minimum absolute atomic E-state index is 0.956. The van der Waals surface area contributed by atoms with E-state index in [4.69, 9.17) is 11.6 Å². The number of rotatable bonds is 3. The maximum atomic E-state index is 5.12. The van der Waals surface area contributed by atoms with Crippen molar-refractivity contribution in [3.05, 3.63) is 0 Å². The lowest BCUT2D eigenvalue weighted by Gasteiger charge is -1.86. The molecule has 1 heteroatoms. The maximum absolute atomic E-state index is 5.12. The second kappa shape index (κ2) is 6.85. The van der Waals surface area contributed by atoms with Crippen LogP contribution in [0, 0.1) is 11.3 Å². The molecule has 0 unspecified atom stereocenters. The van der Waals surface area contributed by atoms with Gasteiger partial charge in [-0.3, -0.25) is 0 Å². The predicted molar refractivity (Wildman–Crippen MR) is 37.8 cm³/mol. The van der Waals surface area contributed by atoms with Crippen LogP contribution in [-0.4, -0.2) is 0 Å². The van der Waals surface area contributed by atoms with E-state index < -0.39 is 0 Å². The van der Waals surface area contributed by atoms with E-state index in [1.54, 1.807) is 0 Å². The molecule has 0 spiro atoms. The zero-order chi connectivity index (χ0) is 6.24. The fourth-order valence-electron chi connectivity index (χ4n) is 0.511. The number of unbranched alkanes of at least 4 members (excludes halogenated alkanes) is 3. The Balaban J connectivity index is 2.79. The Kier molecular flexibility index (Phi) is 6.72. The Morgan fingerprint density at radius 2 is 2.12 bits per heavy atom. The molecule has 0 aromatic carbocycles. The summed E-state index contributed by atoms with van der Waals surface area (Å²) in [5.74, 6) is 2.80. The normalized spacial score (nSPS) is 7.75. The Bertz CT molecular complexity index is 86.3. The molecular weight excluding hydrogens is 120 g/mol. The molecule has 0 aliphatic carbocycles. The lowest BCUT2D eigenvalue weighted by Crippen LogP contribution is -1.69. The monoisotopic (exact) mass is 130 g/mol. The summed E-state index contributed by atoms with van der Waals surface area (Å²) in [6.07, 6.45) is 4.67. The number of hydrogen-bond acceptors (Lipinski definition) is 0. The summed E-state index contributed by atoms with van der Waals surface area (Å²) in [7, 11) is 0. The lowest BCUT2D eigenvalue weighted by molar-refractivity contribution is 0.737. The molecule has 0 amide bonds. The van der Waals surface area contributed by atoms with Gasteiger partial charge in [0.2, 0.25) is 0 Å². The first-order valence-electron chi connectivity index (χ1n) is 3.00. The van der Waals surface area contributed by atoms with E-state index in [1.165, 1.54) is 19.3 Å². The molecule has 0 aliphatic rings. The van der Waals surface area contributed by atoms with Crippen molar-refractivity contribution in [3.8, 4) is 11.3 Å². The van der Waals surface area contributed by atoms with Crippen molar-refractivity contribution < 1.29 is 0 Å². The van der Waals surface area contributed by atoms with E-state index in [2.05, 4.69) is 18.2 Å². The Morgan fingerprint density at radius 1 is 1.38 bits per heavy atom. The summed E-state index contributed by atoms with van der Waals surface area (Å²) >= 11 is 5.12. The highest BCUT2D eigenvalue weighted by Gasteiger charge is 1.78. The van der Waals surface area contributed by atoms with E-state index in [-0.39, 0.29) is 0 Å². The van der Waals surface area contributed by atoms with Crippen LogP contribution in [-0.2, 0) is 0 Å². The smallest absolute Gasteiger partial charge is 0.0101 e. The largest absolute Gasteiger partial charge is 0.0859 e. The molecule has 0 radical (unpaired) electrons. The molecular formula is C7H11Cl. The van der Waals surface area contributed by atoms with Crippen molar-refractivity contribution >= 4 is 11.6 Å². The molecule has 0 aliphatic heterocycles. The van der Waals surface area contributed by atoms with Gasteiger partial charge in [-0.2, -0.15) is 0 Å². The van der Waals surface area contributed by atoms with Gasteiger partial charge in [-0.15, -0.1) is 0 Å². The molecule has 0 aromatic heterocycles. The third kappa shape index (κ3) is 5.85. The molecule has 0 fully saturated rings. The minimum atomic E-state index is 0.956. The van der Waals surface area contributed by atoms with Crippen LogP contribution in [0.4, 0.5) is 0 Å². The van der Waals surface area contributed by atoms with Gasteiger partial charge in [-0.25, -0.2) is 0 Å². The molecule has 0 atom stereocenters. The number of hydrogen-bond donors (Lipinski definition) is 0. The van der Waals surface area contributed by atoms with Crippen molar-refractivity contribution in [2.45, 2.75) is 32.6 Å². The Labute approximate surface area is 56.2 Å². The molecule has 46 valence electrons. The first-order valence-corrected chi connectivity index (χ1v) is 3.38. The number of halogens is 1. The summed E-state index contributed by atoms with van der Waals surface area (Å²) in [6, 6.07) is 0. The van der Waals surface area contributed by atoms with Crippen molar-refractivity contribution in [1.29, 1.82) is 0 Å². The van der Waals surface area contributed by atoms with Crippen LogP contribution in [0.1, 0.15) is 32.6 Å². The third-order valence-electron chi connectivity index (χ3n) is 0.972. The van der Waals surface area contributed by atoms with Crippen LogP contribution in [0.5, 0.6) is 0 Å². The van der Waals surface area contributed by atoms with Crippen LogP contribution in [0.3, 0.4) is 0 Å². The van der Waals surface area contributed by atoms with E-state index in [9.17, 15) is 0 Å². The predicted octanol–water partition coefficient (Wildman–Crippen LogP) is 2.77. The van der Waals surface area contributed by atoms with Gasteiger partial charge < -0.3 is 0 Å². The van der Waals surface area contributed by atoms with Gasteiger partial charge in [0.1, 0.15) is 0 Å². The van der Waals surface area contributed by atoms with Gasteiger partial charge >= 0.3 is 0 Å². The first kappa shape index (κ1) is 7.85. The van der Waals surface area contributed by atoms with Crippen molar-refractivity contribution in [1.82, 2.24) is 0 Å². The summed E-state index contributed by atoms with van der Waals surface area (Å²) in [4.78, 5) is 0. The van der Waals surface area contributed by atoms with Crippen LogP contribution in [0.15, 0.2) is 0 Å². The molecule has 0 bridgehead atoms. The van der Waals surface area contributed by atoms with Crippen molar-refractivity contribution in [3.63, 3.8) is 0 Å². The second-order valence-electron chi connectivity index (χ2n) is 1.73. The quantitative estimate of drug-likeness (QED) is 0.407. The van der Waals surface area contributed by atoms with Gasteiger partial charge in [0.25, 0.3) is 0 Å². The zero-order valence-electron chi connectivity index (χ0n) is 5.21. The lowest BCUT2D eigenvalue weighted by atomic mass is 10.2. The second-order valence-corrected chi connectivity index (χ2v) is 1.92. The minimum Gasteiger partial charge on any atom is -0.0859 e. The van der Waals surface area contributed by atoms with E-state index in [0.717, 1.165) is 6.42 Å². The van der Waals surface area contributed by atoms with Gasteiger partial charge in [0.05, 0.1) is 0 Å². The highest BCUT2D eigenvalue weighted by atomic mass is 35.5. The molecule has 0 rings (SSSR count). The van der Waals surface area contributed by atoms with E-state index >= 15 is 0 Å². The molecule has 0 saturated heterocycles.